The molecule has 4 N–H and O–H groups in total. The lowest BCUT2D eigenvalue weighted by Crippen LogP contribution is -2.53. The van der Waals surface area contributed by atoms with Gasteiger partial charge in [0.15, 0.2) is 11.9 Å². The van der Waals surface area contributed by atoms with Gasteiger partial charge >= 0.3 is 0 Å². The highest BCUT2D eigenvalue weighted by Crippen LogP contribution is 2.46. The lowest BCUT2D eigenvalue weighted by molar-refractivity contribution is 0.0836. The van der Waals surface area contributed by atoms with Gasteiger partial charge in [-0.25, -0.2) is 4.99 Å². The number of hydrogen-bond acceptors (Lipinski definition) is 2. The standard InChI is InChI=1S/C36H66N6/c1-35(2)24-32(42-34(40-30-20-12-6-13-21-30)41-31-22-14-7-15-23-31)25-36(3,26-35)27-37-33(38-28-16-8-4-9-17-28)39-29-18-10-5-11-19-29/h28-32H,4-27H2,1-3H3,(H2,37,38,39)(H2,40,41,42). The molecular weight excluding hydrogens is 516 g/mol. The molecule has 0 aromatic heterocycles. The van der Waals surface area contributed by atoms with E-state index < -0.39 is 0 Å². The highest BCUT2D eigenvalue weighted by Gasteiger charge is 2.42. The monoisotopic (exact) mass is 583 g/mol. The fraction of sp³-hybridized carbons (Fsp3) is 0.944. The lowest BCUT2D eigenvalue weighted by atomic mass is 9.62. The Hall–Kier alpha value is -1.46. The molecule has 5 aliphatic rings. The molecule has 2 atom stereocenters. The molecule has 0 aliphatic heterocycles. The molecule has 0 saturated heterocycles. The van der Waals surface area contributed by atoms with Crippen molar-refractivity contribution in [3.8, 4) is 0 Å². The number of hydrogen-bond donors (Lipinski definition) is 4. The van der Waals surface area contributed by atoms with Gasteiger partial charge in [0.05, 0.1) is 6.04 Å². The van der Waals surface area contributed by atoms with E-state index in [9.17, 15) is 0 Å². The summed E-state index contributed by atoms with van der Waals surface area (Å²) < 4.78 is 0. The highest BCUT2D eigenvalue weighted by molar-refractivity contribution is 5.81. The molecule has 6 heteroatoms. The van der Waals surface area contributed by atoms with Crippen LogP contribution in [0.15, 0.2) is 9.98 Å². The number of nitrogens with one attached hydrogen (secondary N) is 4. The van der Waals surface area contributed by atoms with Crippen LogP contribution >= 0.6 is 0 Å². The minimum absolute atomic E-state index is 0.175. The number of nitrogens with zero attached hydrogens (tertiary/aromatic N) is 2. The van der Waals surface area contributed by atoms with Crippen molar-refractivity contribution in [2.24, 2.45) is 20.8 Å². The van der Waals surface area contributed by atoms with E-state index in [0.29, 0.717) is 30.2 Å². The SMILES string of the molecule is CC1(C)CC(NC(=NC2CCCCC2)NC2CCCCC2)CC(C)(CN=C(NC2CCCCC2)NC2CCCCC2)C1. The number of guanidine groups is 2. The zero-order valence-electron chi connectivity index (χ0n) is 27.8. The van der Waals surface area contributed by atoms with Crippen molar-refractivity contribution in [1.82, 2.24) is 21.3 Å². The first-order chi connectivity index (χ1) is 20.3. The van der Waals surface area contributed by atoms with Crippen LogP contribution in [0.1, 0.15) is 168 Å². The van der Waals surface area contributed by atoms with Gasteiger partial charge in [0.25, 0.3) is 0 Å². The quantitative estimate of drug-likeness (QED) is 0.181. The lowest BCUT2D eigenvalue weighted by Gasteiger charge is -2.47. The van der Waals surface area contributed by atoms with E-state index >= 15 is 0 Å². The predicted molar refractivity (Wildman–Crippen MR) is 179 cm³/mol. The Morgan fingerprint density at radius 1 is 0.524 bits per heavy atom. The summed E-state index contributed by atoms with van der Waals surface area (Å²) in [5.41, 5.74) is 0.461. The van der Waals surface area contributed by atoms with E-state index in [1.54, 1.807) is 0 Å². The zero-order valence-corrected chi connectivity index (χ0v) is 27.8. The average molecular weight is 583 g/mol. The van der Waals surface area contributed by atoms with Crippen molar-refractivity contribution in [2.45, 2.75) is 199 Å². The smallest absolute Gasteiger partial charge is 0.191 e. The molecule has 42 heavy (non-hydrogen) atoms. The third-order valence-electron chi connectivity index (χ3n) is 11.1. The molecule has 0 aromatic rings. The first-order valence-corrected chi connectivity index (χ1v) is 18.5. The largest absolute Gasteiger partial charge is 0.354 e. The first kappa shape index (κ1) is 31.9. The van der Waals surface area contributed by atoms with Gasteiger partial charge < -0.3 is 21.3 Å². The van der Waals surface area contributed by atoms with Crippen LogP contribution < -0.4 is 21.3 Å². The molecule has 0 amide bonds. The molecule has 0 heterocycles. The second-order valence-corrected chi connectivity index (χ2v) is 16.3. The maximum absolute atomic E-state index is 5.39. The summed E-state index contributed by atoms with van der Waals surface area (Å²) in [5, 5.41) is 15.8. The van der Waals surface area contributed by atoms with Crippen LogP contribution in [-0.2, 0) is 0 Å². The van der Waals surface area contributed by atoms with Gasteiger partial charge in [0, 0.05) is 30.7 Å². The van der Waals surface area contributed by atoms with E-state index in [1.165, 1.54) is 141 Å². The normalized spacial score (nSPS) is 30.8. The molecule has 0 aromatic carbocycles. The van der Waals surface area contributed by atoms with E-state index in [-0.39, 0.29) is 10.8 Å². The van der Waals surface area contributed by atoms with E-state index in [2.05, 4.69) is 42.0 Å². The van der Waals surface area contributed by atoms with Crippen LogP contribution in [0.25, 0.3) is 0 Å². The third-order valence-corrected chi connectivity index (χ3v) is 11.1. The minimum Gasteiger partial charge on any atom is -0.354 e. The summed E-state index contributed by atoms with van der Waals surface area (Å²) in [4.78, 5) is 10.8. The summed E-state index contributed by atoms with van der Waals surface area (Å²) in [6, 6.07) is 2.68. The van der Waals surface area contributed by atoms with Crippen molar-refractivity contribution >= 4 is 11.9 Å². The number of aliphatic imine (C=N–C) groups is 2. The van der Waals surface area contributed by atoms with Crippen LogP contribution in [0.3, 0.4) is 0 Å². The van der Waals surface area contributed by atoms with E-state index in [1.807, 2.05) is 0 Å². The first-order valence-electron chi connectivity index (χ1n) is 18.5. The Labute approximate surface area is 258 Å². The highest BCUT2D eigenvalue weighted by atomic mass is 15.2. The van der Waals surface area contributed by atoms with Crippen LogP contribution in [0.4, 0.5) is 0 Å². The third kappa shape index (κ3) is 10.3. The topological polar surface area (TPSA) is 72.8 Å². The Bertz CT molecular complexity index is 836. The summed E-state index contributed by atoms with van der Waals surface area (Å²) in [5.74, 6) is 2.21. The van der Waals surface area contributed by atoms with Crippen LogP contribution in [-0.4, -0.2) is 48.7 Å². The molecule has 5 rings (SSSR count). The van der Waals surface area contributed by atoms with Crippen LogP contribution in [0.5, 0.6) is 0 Å². The van der Waals surface area contributed by atoms with E-state index in [4.69, 9.17) is 9.98 Å². The fourth-order valence-electron chi connectivity index (χ4n) is 9.28. The van der Waals surface area contributed by atoms with E-state index in [0.717, 1.165) is 24.9 Å². The van der Waals surface area contributed by atoms with Crippen LogP contribution in [0.2, 0.25) is 0 Å². The molecule has 0 bridgehead atoms. The maximum atomic E-state index is 5.39. The van der Waals surface area contributed by atoms with Crippen molar-refractivity contribution in [2.75, 3.05) is 6.54 Å². The zero-order chi connectivity index (χ0) is 29.3. The summed E-state index contributed by atoms with van der Waals surface area (Å²) >= 11 is 0. The fourth-order valence-corrected chi connectivity index (χ4v) is 9.28. The van der Waals surface area contributed by atoms with Gasteiger partial charge in [0.2, 0.25) is 0 Å². The molecular formula is C36H66N6. The van der Waals surface area contributed by atoms with Crippen molar-refractivity contribution < 1.29 is 0 Å². The molecule has 0 radical (unpaired) electrons. The van der Waals surface area contributed by atoms with Gasteiger partial charge in [-0.15, -0.1) is 0 Å². The Kier molecular flexibility index (Phi) is 11.8. The molecule has 0 spiro atoms. The predicted octanol–water partition coefficient (Wildman–Crippen LogP) is 7.97. The minimum atomic E-state index is 0.175. The van der Waals surface area contributed by atoms with Gasteiger partial charge in [-0.2, -0.15) is 0 Å². The average Bonchev–Trinajstić information content (AvgIpc) is 2.97. The Morgan fingerprint density at radius 3 is 1.45 bits per heavy atom. The summed E-state index contributed by atoms with van der Waals surface area (Å²) in [6.45, 7) is 8.37. The second kappa shape index (κ2) is 15.5. The summed E-state index contributed by atoms with van der Waals surface area (Å²) in [7, 11) is 0. The molecule has 5 fully saturated rings. The van der Waals surface area contributed by atoms with Crippen molar-refractivity contribution in [3.05, 3.63) is 0 Å². The second-order valence-electron chi connectivity index (χ2n) is 16.3. The van der Waals surface area contributed by atoms with Crippen LogP contribution in [0, 0.1) is 10.8 Å². The molecule has 6 nitrogen and oxygen atoms in total. The van der Waals surface area contributed by atoms with Crippen molar-refractivity contribution in [1.29, 1.82) is 0 Å². The molecule has 2 unspecified atom stereocenters. The van der Waals surface area contributed by atoms with Crippen molar-refractivity contribution in [3.63, 3.8) is 0 Å². The Morgan fingerprint density at radius 2 is 0.952 bits per heavy atom. The van der Waals surface area contributed by atoms with Gasteiger partial charge in [-0.3, -0.25) is 4.99 Å². The van der Waals surface area contributed by atoms with Gasteiger partial charge in [-0.05, 0) is 81.5 Å². The molecule has 240 valence electrons. The Balaban J connectivity index is 1.27. The van der Waals surface area contributed by atoms with Gasteiger partial charge in [0.1, 0.15) is 0 Å². The summed E-state index contributed by atoms with van der Waals surface area (Å²) in [6.07, 6.45) is 30.2. The van der Waals surface area contributed by atoms with Gasteiger partial charge in [-0.1, -0.05) is 97.8 Å². The maximum Gasteiger partial charge on any atom is 0.191 e. The molecule has 5 aliphatic carbocycles. The molecule has 5 saturated carbocycles. The number of rotatable bonds is 7.